The van der Waals surface area contributed by atoms with Gasteiger partial charge in [-0.25, -0.2) is 0 Å². The second-order valence-electron chi connectivity index (χ2n) is 5.11. The van der Waals surface area contributed by atoms with Crippen LogP contribution in [-0.2, 0) is 22.6 Å². The van der Waals surface area contributed by atoms with Gasteiger partial charge in [-0.15, -0.1) is 11.3 Å². The zero-order chi connectivity index (χ0) is 17.5. The number of amides is 3. The van der Waals surface area contributed by atoms with Crippen LogP contribution in [0.5, 0.6) is 0 Å². The topological polar surface area (TPSA) is 100 Å². The second-order valence-corrected chi connectivity index (χ2v) is 6.37. The van der Waals surface area contributed by atoms with Gasteiger partial charge in [-0.3, -0.25) is 25.2 Å². The van der Waals surface area contributed by atoms with Crippen molar-refractivity contribution in [1.82, 2.24) is 16.2 Å². The number of carbonyl (C=O) groups excluding carboxylic acids is 3. The van der Waals surface area contributed by atoms with Gasteiger partial charge < -0.3 is 9.73 Å². The highest BCUT2D eigenvalue weighted by molar-refractivity contribution is 7.14. The van der Waals surface area contributed by atoms with Gasteiger partial charge in [0.1, 0.15) is 5.76 Å². The summed E-state index contributed by atoms with van der Waals surface area (Å²) in [6, 6.07) is 5.16. The van der Waals surface area contributed by atoms with Crippen molar-refractivity contribution in [3.63, 3.8) is 0 Å². The maximum absolute atomic E-state index is 12.0. The van der Waals surface area contributed by atoms with Crippen LogP contribution < -0.4 is 16.2 Å². The summed E-state index contributed by atoms with van der Waals surface area (Å²) < 4.78 is 5.04. The maximum Gasteiger partial charge on any atom is 0.327 e. The van der Waals surface area contributed by atoms with Gasteiger partial charge in [-0.2, -0.15) is 0 Å². The Labute approximate surface area is 143 Å². The first-order valence-corrected chi connectivity index (χ1v) is 8.33. The van der Waals surface area contributed by atoms with Crippen LogP contribution in [0.15, 0.2) is 28.9 Å². The van der Waals surface area contributed by atoms with Gasteiger partial charge in [0.15, 0.2) is 0 Å². The van der Waals surface area contributed by atoms with Crippen LogP contribution in [0, 0.1) is 6.92 Å². The zero-order valence-corrected chi connectivity index (χ0v) is 14.3. The van der Waals surface area contributed by atoms with Crippen molar-refractivity contribution in [2.45, 2.75) is 33.2 Å². The normalized spacial score (nSPS) is 10.2. The third-order valence-electron chi connectivity index (χ3n) is 3.26. The van der Waals surface area contributed by atoms with E-state index < -0.39 is 17.7 Å². The van der Waals surface area contributed by atoms with Crippen molar-refractivity contribution in [3.05, 3.63) is 45.5 Å². The fraction of sp³-hybridized carbons (Fsp3) is 0.312. The number of thiophene rings is 1. The summed E-state index contributed by atoms with van der Waals surface area (Å²) >= 11 is 1.35. The summed E-state index contributed by atoms with van der Waals surface area (Å²) in [6.45, 7) is 4.11. The fourth-order valence-electron chi connectivity index (χ4n) is 2.04. The molecule has 3 amide bonds. The molecule has 0 bridgehead atoms. The summed E-state index contributed by atoms with van der Waals surface area (Å²) in [6.07, 6.45) is 3.36. The standard InChI is InChI=1S/C16H19N3O4S/c1-3-5-11-8-13(24-10(11)2)14(20)18-19-16(22)15(21)17-9-12-6-4-7-23-12/h4,6-8H,3,5,9H2,1-2H3,(H,17,21)(H,18,20)(H,19,22). The summed E-state index contributed by atoms with van der Waals surface area (Å²) in [5, 5.41) is 2.38. The maximum atomic E-state index is 12.0. The average Bonchev–Trinajstić information content (AvgIpc) is 3.20. The number of furan rings is 1. The van der Waals surface area contributed by atoms with Gasteiger partial charge in [0.2, 0.25) is 0 Å². The SMILES string of the molecule is CCCc1cc(C(=O)NNC(=O)C(=O)NCc2ccco2)sc1C. The van der Waals surface area contributed by atoms with Crippen LogP contribution in [-0.4, -0.2) is 17.7 Å². The minimum Gasteiger partial charge on any atom is -0.467 e. The van der Waals surface area contributed by atoms with E-state index in [0.717, 1.165) is 23.3 Å². The van der Waals surface area contributed by atoms with Crippen molar-refractivity contribution in [1.29, 1.82) is 0 Å². The third-order valence-corrected chi connectivity index (χ3v) is 4.35. The molecule has 0 fully saturated rings. The largest absolute Gasteiger partial charge is 0.467 e. The first-order chi connectivity index (χ1) is 11.5. The van der Waals surface area contributed by atoms with Crippen LogP contribution in [0.3, 0.4) is 0 Å². The molecule has 0 saturated carbocycles. The van der Waals surface area contributed by atoms with E-state index in [2.05, 4.69) is 23.1 Å². The number of rotatable bonds is 5. The summed E-state index contributed by atoms with van der Waals surface area (Å²) in [7, 11) is 0. The first kappa shape index (κ1) is 17.7. The van der Waals surface area contributed by atoms with Gasteiger partial charge in [-0.05, 0) is 37.1 Å². The fourth-order valence-corrected chi connectivity index (χ4v) is 3.01. The van der Waals surface area contributed by atoms with E-state index in [0.29, 0.717) is 10.6 Å². The minimum absolute atomic E-state index is 0.0949. The molecule has 0 saturated heterocycles. The molecule has 0 aromatic carbocycles. The van der Waals surface area contributed by atoms with Crippen LogP contribution in [0.1, 0.15) is 39.2 Å². The van der Waals surface area contributed by atoms with Crippen LogP contribution in [0.4, 0.5) is 0 Å². The summed E-state index contributed by atoms with van der Waals surface area (Å²) in [5.41, 5.74) is 5.46. The lowest BCUT2D eigenvalue weighted by Crippen LogP contribution is -2.48. The highest BCUT2D eigenvalue weighted by atomic mass is 32.1. The van der Waals surface area contributed by atoms with Gasteiger partial charge >= 0.3 is 11.8 Å². The summed E-state index contributed by atoms with van der Waals surface area (Å²) in [4.78, 5) is 36.9. The molecule has 128 valence electrons. The molecule has 3 N–H and O–H groups in total. The molecular weight excluding hydrogens is 330 g/mol. The molecule has 0 aliphatic heterocycles. The smallest absolute Gasteiger partial charge is 0.327 e. The lowest BCUT2D eigenvalue weighted by atomic mass is 10.1. The van der Waals surface area contributed by atoms with Crippen molar-refractivity contribution in [3.8, 4) is 0 Å². The van der Waals surface area contributed by atoms with Gasteiger partial charge in [0.25, 0.3) is 5.91 Å². The molecule has 0 aliphatic carbocycles. The Kier molecular flexibility index (Phi) is 6.14. The van der Waals surface area contributed by atoms with E-state index in [1.807, 2.05) is 13.0 Å². The van der Waals surface area contributed by atoms with E-state index in [9.17, 15) is 14.4 Å². The van der Waals surface area contributed by atoms with E-state index in [1.54, 1.807) is 12.1 Å². The van der Waals surface area contributed by atoms with Crippen molar-refractivity contribution in [2.24, 2.45) is 0 Å². The van der Waals surface area contributed by atoms with E-state index in [1.165, 1.54) is 17.6 Å². The van der Waals surface area contributed by atoms with E-state index >= 15 is 0 Å². The molecule has 2 rings (SSSR count). The Balaban J connectivity index is 1.81. The highest BCUT2D eigenvalue weighted by Crippen LogP contribution is 2.22. The Morgan fingerprint density at radius 3 is 2.67 bits per heavy atom. The van der Waals surface area contributed by atoms with Crippen molar-refractivity contribution >= 4 is 29.1 Å². The minimum atomic E-state index is -0.947. The predicted octanol–water partition coefficient (Wildman–Crippen LogP) is 1.68. The lowest BCUT2D eigenvalue weighted by molar-refractivity contribution is -0.139. The number of hydrazine groups is 1. The van der Waals surface area contributed by atoms with Gasteiger partial charge in [0.05, 0.1) is 17.7 Å². The predicted molar refractivity (Wildman–Crippen MR) is 89.2 cm³/mol. The van der Waals surface area contributed by atoms with Crippen LogP contribution >= 0.6 is 11.3 Å². The average molecular weight is 349 g/mol. The van der Waals surface area contributed by atoms with Crippen molar-refractivity contribution in [2.75, 3.05) is 0 Å². The monoisotopic (exact) mass is 349 g/mol. The number of hydrogen-bond acceptors (Lipinski definition) is 5. The molecule has 0 atom stereocenters. The second kappa shape index (κ2) is 8.30. The Hall–Kier alpha value is -2.61. The Morgan fingerprint density at radius 2 is 2.00 bits per heavy atom. The molecular formula is C16H19N3O4S. The van der Waals surface area contributed by atoms with Crippen LogP contribution in [0.25, 0.3) is 0 Å². The van der Waals surface area contributed by atoms with Crippen molar-refractivity contribution < 1.29 is 18.8 Å². The van der Waals surface area contributed by atoms with E-state index in [4.69, 9.17) is 4.42 Å². The number of aryl methyl sites for hydroxylation is 2. The molecule has 0 radical (unpaired) electrons. The van der Waals surface area contributed by atoms with Gasteiger partial charge in [-0.1, -0.05) is 13.3 Å². The molecule has 2 aromatic heterocycles. The zero-order valence-electron chi connectivity index (χ0n) is 13.5. The molecule has 2 aromatic rings. The quantitative estimate of drug-likeness (QED) is 0.565. The number of nitrogens with one attached hydrogen (secondary N) is 3. The molecule has 7 nitrogen and oxygen atoms in total. The molecule has 0 spiro atoms. The summed E-state index contributed by atoms with van der Waals surface area (Å²) in [5.74, 6) is -1.73. The number of carbonyl (C=O) groups is 3. The Morgan fingerprint density at radius 1 is 1.21 bits per heavy atom. The molecule has 2 heterocycles. The molecule has 24 heavy (non-hydrogen) atoms. The molecule has 0 unspecified atom stereocenters. The van der Waals surface area contributed by atoms with Gasteiger partial charge in [0, 0.05) is 4.88 Å². The van der Waals surface area contributed by atoms with Crippen LogP contribution in [0.2, 0.25) is 0 Å². The molecule has 8 heteroatoms. The Bertz CT molecular complexity index is 722. The number of hydrogen-bond donors (Lipinski definition) is 3. The lowest BCUT2D eigenvalue weighted by Gasteiger charge is -2.06. The highest BCUT2D eigenvalue weighted by Gasteiger charge is 2.16. The first-order valence-electron chi connectivity index (χ1n) is 7.51. The molecule has 0 aliphatic rings. The third kappa shape index (κ3) is 4.69. The van der Waals surface area contributed by atoms with E-state index in [-0.39, 0.29) is 6.54 Å².